The molecule has 0 aliphatic rings. The summed E-state index contributed by atoms with van der Waals surface area (Å²) in [5.41, 5.74) is -0.882. The summed E-state index contributed by atoms with van der Waals surface area (Å²) in [7, 11) is 0. The number of carbonyl (C=O) groups is 2. The third kappa shape index (κ3) is 9.28. The fourth-order valence-electron chi connectivity index (χ4n) is 1.61. The highest BCUT2D eigenvalue weighted by atomic mass is 16.6. The molecular weight excluding hydrogens is 272 g/mol. The summed E-state index contributed by atoms with van der Waals surface area (Å²) < 4.78 is 10.2. The Morgan fingerprint density at radius 1 is 1.10 bits per heavy atom. The molecule has 0 spiro atoms. The van der Waals surface area contributed by atoms with Gasteiger partial charge in [0.25, 0.3) is 0 Å². The maximum absolute atomic E-state index is 12.2. The summed E-state index contributed by atoms with van der Waals surface area (Å²) in [5.74, 6) is -0.294. The Morgan fingerprint density at radius 2 is 1.67 bits per heavy atom. The molecule has 0 atom stereocenters. The Labute approximate surface area is 128 Å². The van der Waals surface area contributed by atoms with E-state index in [1.165, 1.54) is 0 Å². The minimum absolute atomic E-state index is 0.139. The van der Waals surface area contributed by atoms with Gasteiger partial charge in [-0.3, -0.25) is 4.79 Å². The van der Waals surface area contributed by atoms with E-state index < -0.39 is 5.60 Å². The van der Waals surface area contributed by atoms with Crippen LogP contribution < -0.4 is 5.32 Å². The van der Waals surface area contributed by atoms with Gasteiger partial charge in [-0.25, -0.2) is 4.79 Å². The van der Waals surface area contributed by atoms with Gasteiger partial charge in [0.1, 0.15) is 5.60 Å². The molecule has 0 bridgehead atoms. The van der Waals surface area contributed by atoms with Crippen LogP contribution in [0, 0.1) is 0 Å². The van der Waals surface area contributed by atoms with Crippen molar-refractivity contribution >= 4 is 12.1 Å². The maximum Gasteiger partial charge on any atom is 0.410 e. The maximum atomic E-state index is 12.2. The number of hydrogen-bond donors (Lipinski definition) is 1. The molecule has 0 fully saturated rings. The highest BCUT2D eigenvalue weighted by Crippen LogP contribution is 2.17. The molecule has 6 heteroatoms. The first-order chi connectivity index (χ1) is 9.47. The quantitative estimate of drug-likeness (QED) is 0.601. The lowest BCUT2D eigenvalue weighted by atomic mass is 10.1. The zero-order valence-corrected chi connectivity index (χ0v) is 14.4. The second-order valence-electron chi connectivity index (χ2n) is 6.78. The van der Waals surface area contributed by atoms with Crippen LogP contribution in [0.2, 0.25) is 0 Å². The van der Waals surface area contributed by atoms with E-state index in [2.05, 4.69) is 5.32 Å². The molecule has 0 aromatic carbocycles. The van der Waals surface area contributed by atoms with Crippen molar-refractivity contribution in [3.8, 4) is 0 Å². The van der Waals surface area contributed by atoms with Crippen molar-refractivity contribution in [3.05, 3.63) is 0 Å². The number of amides is 1. The normalized spacial score (nSPS) is 12.0. The Morgan fingerprint density at radius 3 is 2.10 bits per heavy atom. The minimum atomic E-state index is -0.529. The van der Waals surface area contributed by atoms with Gasteiger partial charge in [-0.15, -0.1) is 0 Å². The predicted octanol–water partition coefficient (Wildman–Crippen LogP) is 2.17. The number of hydrogen-bond acceptors (Lipinski definition) is 5. The molecule has 0 unspecified atom stereocenters. The number of rotatable bonds is 6. The Bertz CT molecular complexity index is 343. The Kier molecular flexibility index (Phi) is 7.71. The predicted molar refractivity (Wildman–Crippen MR) is 82.2 cm³/mol. The molecule has 21 heavy (non-hydrogen) atoms. The summed E-state index contributed by atoms with van der Waals surface area (Å²) in [6.07, 6.45) is -0.354. The van der Waals surface area contributed by atoms with E-state index in [-0.39, 0.29) is 24.1 Å². The van der Waals surface area contributed by atoms with Crippen LogP contribution in [0.25, 0.3) is 0 Å². The van der Waals surface area contributed by atoms with Crippen LogP contribution in [-0.4, -0.2) is 54.3 Å². The van der Waals surface area contributed by atoms with Crippen LogP contribution in [0.1, 0.15) is 48.5 Å². The number of esters is 1. The van der Waals surface area contributed by atoms with Crippen molar-refractivity contribution in [1.82, 2.24) is 10.2 Å². The molecule has 0 saturated heterocycles. The first-order valence-electron chi connectivity index (χ1n) is 7.34. The number of ether oxygens (including phenoxy) is 2. The van der Waals surface area contributed by atoms with Crippen LogP contribution in [0.15, 0.2) is 0 Å². The fraction of sp³-hybridized carbons (Fsp3) is 0.867. The van der Waals surface area contributed by atoms with E-state index in [4.69, 9.17) is 9.47 Å². The molecule has 124 valence electrons. The lowest BCUT2D eigenvalue weighted by Crippen LogP contribution is -2.50. The third-order valence-corrected chi connectivity index (χ3v) is 2.51. The second-order valence-corrected chi connectivity index (χ2v) is 6.78. The van der Waals surface area contributed by atoms with Crippen LogP contribution in [0.3, 0.4) is 0 Å². The van der Waals surface area contributed by atoms with Crippen LogP contribution in [0.5, 0.6) is 0 Å². The van der Waals surface area contributed by atoms with E-state index in [1.54, 1.807) is 11.8 Å². The highest BCUT2D eigenvalue weighted by molar-refractivity contribution is 5.71. The summed E-state index contributed by atoms with van der Waals surface area (Å²) in [6.45, 7) is 14.6. The fourth-order valence-corrected chi connectivity index (χ4v) is 1.61. The Balaban J connectivity index is 4.40. The van der Waals surface area contributed by atoms with Crippen molar-refractivity contribution in [2.24, 2.45) is 0 Å². The minimum Gasteiger partial charge on any atom is -0.465 e. The number of nitrogens with one attached hydrogen (secondary N) is 1. The molecule has 0 aliphatic heterocycles. The van der Waals surface area contributed by atoms with Crippen molar-refractivity contribution < 1.29 is 19.1 Å². The molecule has 0 saturated carbocycles. The molecule has 0 aromatic heterocycles. The van der Waals surface area contributed by atoms with Crippen molar-refractivity contribution in [2.45, 2.75) is 59.6 Å². The highest BCUT2D eigenvalue weighted by Gasteiger charge is 2.30. The molecule has 0 heterocycles. The van der Waals surface area contributed by atoms with Crippen LogP contribution in [-0.2, 0) is 14.3 Å². The molecule has 0 aliphatic carbocycles. The summed E-state index contributed by atoms with van der Waals surface area (Å²) in [6, 6.07) is 0. The standard InChI is InChI=1S/C15H30N2O4/c1-8-20-12(18)11-16-9-10-17(14(2,3)4)13(19)21-15(5,6)7/h16H,8-11H2,1-7H3. The van der Waals surface area contributed by atoms with E-state index in [1.807, 2.05) is 41.5 Å². The summed E-state index contributed by atoms with van der Waals surface area (Å²) in [4.78, 5) is 25.1. The van der Waals surface area contributed by atoms with Gasteiger partial charge in [-0.2, -0.15) is 0 Å². The van der Waals surface area contributed by atoms with Gasteiger partial charge in [-0.05, 0) is 48.5 Å². The third-order valence-electron chi connectivity index (χ3n) is 2.51. The van der Waals surface area contributed by atoms with Gasteiger partial charge in [0.05, 0.1) is 13.2 Å². The van der Waals surface area contributed by atoms with Gasteiger partial charge in [-0.1, -0.05) is 0 Å². The zero-order chi connectivity index (χ0) is 16.7. The van der Waals surface area contributed by atoms with E-state index in [9.17, 15) is 9.59 Å². The van der Waals surface area contributed by atoms with E-state index >= 15 is 0 Å². The largest absolute Gasteiger partial charge is 0.465 e. The van der Waals surface area contributed by atoms with Crippen molar-refractivity contribution in [3.63, 3.8) is 0 Å². The lowest BCUT2D eigenvalue weighted by molar-refractivity contribution is -0.141. The lowest BCUT2D eigenvalue weighted by Gasteiger charge is -2.36. The molecule has 0 radical (unpaired) electrons. The molecular formula is C15H30N2O4. The topological polar surface area (TPSA) is 67.9 Å². The molecule has 0 aromatic rings. The van der Waals surface area contributed by atoms with Gasteiger partial charge in [0.2, 0.25) is 0 Å². The molecule has 6 nitrogen and oxygen atoms in total. The summed E-state index contributed by atoms with van der Waals surface area (Å²) in [5, 5.41) is 2.97. The van der Waals surface area contributed by atoms with Crippen molar-refractivity contribution in [1.29, 1.82) is 0 Å². The SMILES string of the molecule is CCOC(=O)CNCCN(C(=O)OC(C)(C)C)C(C)(C)C. The van der Waals surface area contributed by atoms with Crippen molar-refractivity contribution in [2.75, 3.05) is 26.2 Å². The zero-order valence-electron chi connectivity index (χ0n) is 14.4. The average Bonchev–Trinajstić information content (AvgIpc) is 2.24. The summed E-state index contributed by atoms with van der Waals surface area (Å²) >= 11 is 0. The number of nitrogens with zero attached hydrogens (tertiary/aromatic N) is 1. The second kappa shape index (κ2) is 8.22. The molecule has 0 rings (SSSR count). The smallest absolute Gasteiger partial charge is 0.410 e. The number of carbonyl (C=O) groups excluding carboxylic acids is 2. The van der Waals surface area contributed by atoms with Gasteiger partial charge < -0.3 is 19.7 Å². The van der Waals surface area contributed by atoms with Crippen LogP contribution >= 0.6 is 0 Å². The molecule has 1 amide bonds. The van der Waals surface area contributed by atoms with Gasteiger partial charge in [0.15, 0.2) is 0 Å². The van der Waals surface area contributed by atoms with E-state index in [0.29, 0.717) is 19.7 Å². The molecule has 1 N–H and O–H groups in total. The van der Waals surface area contributed by atoms with Crippen LogP contribution in [0.4, 0.5) is 4.79 Å². The van der Waals surface area contributed by atoms with Gasteiger partial charge in [0, 0.05) is 18.6 Å². The Hall–Kier alpha value is -1.30. The monoisotopic (exact) mass is 302 g/mol. The average molecular weight is 302 g/mol. The first kappa shape index (κ1) is 19.7. The van der Waals surface area contributed by atoms with E-state index in [0.717, 1.165) is 0 Å². The van der Waals surface area contributed by atoms with Gasteiger partial charge >= 0.3 is 12.1 Å². The first-order valence-corrected chi connectivity index (χ1v) is 7.34.